The van der Waals surface area contributed by atoms with Gasteiger partial charge in [-0.15, -0.1) is 6.42 Å². The lowest BCUT2D eigenvalue weighted by atomic mass is 9.44. The first-order valence-corrected chi connectivity index (χ1v) is 9.75. The molecular weight excluding hydrogens is 284 g/mol. The predicted octanol–water partition coefficient (Wildman–Crippen LogP) is 3.75. The number of rotatable bonds is 0. The molecule has 23 heavy (non-hydrogen) atoms. The van der Waals surface area contributed by atoms with E-state index in [1.54, 1.807) is 0 Å². The Balaban J connectivity index is 1.69. The molecule has 0 spiro atoms. The Bertz CT molecular complexity index is 536. The van der Waals surface area contributed by atoms with Gasteiger partial charge in [-0.25, -0.2) is 0 Å². The number of hydrogen-bond donors (Lipinski definition) is 2. The Morgan fingerprint density at radius 3 is 2.43 bits per heavy atom. The van der Waals surface area contributed by atoms with Gasteiger partial charge in [-0.1, -0.05) is 26.2 Å². The maximum absolute atomic E-state index is 11.0. The molecule has 4 saturated carbocycles. The first kappa shape index (κ1) is 16.0. The third kappa shape index (κ3) is 1.84. The minimum Gasteiger partial charge on any atom is -0.393 e. The highest BCUT2D eigenvalue weighted by molar-refractivity contribution is 5.23. The van der Waals surface area contributed by atoms with E-state index in [0.717, 1.165) is 32.1 Å². The van der Waals surface area contributed by atoms with Crippen molar-refractivity contribution >= 4 is 0 Å². The van der Waals surface area contributed by atoms with Crippen molar-refractivity contribution in [2.24, 2.45) is 34.5 Å². The van der Waals surface area contributed by atoms with E-state index in [4.69, 9.17) is 6.42 Å². The van der Waals surface area contributed by atoms with E-state index in [0.29, 0.717) is 23.7 Å². The van der Waals surface area contributed by atoms with Gasteiger partial charge in [-0.3, -0.25) is 0 Å². The van der Waals surface area contributed by atoms with Crippen molar-refractivity contribution in [3.05, 3.63) is 0 Å². The smallest absolute Gasteiger partial charge is 0.130 e. The Hall–Kier alpha value is -0.520. The van der Waals surface area contributed by atoms with E-state index in [1.807, 2.05) is 0 Å². The minimum absolute atomic E-state index is 0.0966. The summed E-state index contributed by atoms with van der Waals surface area (Å²) in [5.41, 5.74) is -0.934. The van der Waals surface area contributed by atoms with Crippen LogP contribution < -0.4 is 0 Å². The van der Waals surface area contributed by atoms with Gasteiger partial charge in [-0.2, -0.15) is 0 Å². The van der Waals surface area contributed by atoms with Crippen LogP contribution in [0.3, 0.4) is 0 Å². The summed E-state index contributed by atoms with van der Waals surface area (Å²) in [5, 5.41) is 21.9. The summed E-state index contributed by atoms with van der Waals surface area (Å²) in [4.78, 5) is 0. The van der Waals surface area contributed by atoms with Crippen LogP contribution >= 0.6 is 0 Å². The molecule has 4 aliphatic rings. The van der Waals surface area contributed by atoms with Crippen molar-refractivity contribution < 1.29 is 10.2 Å². The Labute approximate surface area is 141 Å². The van der Waals surface area contributed by atoms with Gasteiger partial charge in [0.25, 0.3) is 0 Å². The molecule has 4 rings (SSSR count). The third-order valence-electron chi connectivity index (χ3n) is 9.10. The zero-order valence-electron chi connectivity index (χ0n) is 14.7. The summed E-state index contributed by atoms with van der Waals surface area (Å²) >= 11 is 0. The van der Waals surface area contributed by atoms with E-state index >= 15 is 0 Å². The fraction of sp³-hybridized carbons (Fsp3) is 0.905. The van der Waals surface area contributed by atoms with Crippen LogP contribution in [-0.4, -0.2) is 21.9 Å². The molecule has 0 bridgehead atoms. The molecule has 2 nitrogen and oxygen atoms in total. The molecule has 0 heterocycles. The van der Waals surface area contributed by atoms with Gasteiger partial charge in [0.05, 0.1) is 6.10 Å². The monoisotopic (exact) mass is 316 g/mol. The number of terminal acetylenes is 1. The molecule has 0 aromatic carbocycles. The van der Waals surface area contributed by atoms with E-state index in [-0.39, 0.29) is 16.9 Å². The standard InChI is InChI=1S/C21H32O2/c1-4-21(23)13-11-16-15-9-8-14-6-5-7-18(22)20(14,3)17(15)10-12-19(16,21)2/h1,14-18,22-23H,5-13H2,2-3H3/t14?,15-,16-,17+,18?,19-,20-,21?/m0/s1. The van der Waals surface area contributed by atoms with E-state index in [2.05, 4.69) is 19.8 Å². The maximum atomic E-state index is 11.0. The largest absolute Gasteiger partial charge is 0.393 e. The zero-order valence-corrected chi connectivity index (χ0v) is 14.7. The minimum atomic E-state index is -0.911. The highest BCUT2D eigenvalue weighted by atomic mass is 16.3. The summed E-state index contributed by atoms with van der Waals surface area (Å²) in [6.45, 7) is 4.62. The van der Waals surface area contributed by atoms with Crippen molar-refractivity contribution in [1.29, 1.82) is 0 Å². The average molecular weight is 316 g/mol. The maximum Gasteiger partial charge on any atom is 0.130 e. The van der Waals surface area contributed by atoms with Crippen LogP contribution in [0.15, 0.2) is 0 Å². The summed E-state index contributed by atoms with van der Waals surface area (Å²) in [5.74, 6) is 5.26. The molecule has 3 unspecified atom stereocenters. The van der Waals surface area contributed by atoms with Crippen LogP contribution in [-0.2, 0) is 0 Å². The fourth-order valence-electron chi connectivity index (χ4n) is 7.57. The summed E-state index contributed by atoms with van der Waals surface area (Å²) in [6, 6.07) is 0. The molecule has 0 amide bonds. The lowest BCUT2D eigenvalue weighted by Gasteiger charge is -2.62. The summed E-state index contributed by atoms with van der Waals surface area (Å²) in [6.07, 6.45) is 15.6. The topological polar surface area (TPSA) is 40.5 Å². The molecule has 0 aromatic heterocycles. The van der Waals surface area contributed by atoms with Crippen molar-refractivity contribution in [2.75, 3.05) is 0 Å². The van der Waals surface area contributed by atoms with Crippen molar-refractivity contribution in [3.63, 3.8) is 0 Å². The third-order valence-corrected chi connectivity index (χ3v) is 9.10. The molecule has 4 aliphatic carbocycles. The molecule has 0 radical (unpaired) electrons. The van der Waals surface area contributed by atoms with Gasteiger partial charge < -0.3 is 10.2 Å². The van der Waals surface area contributed by atoms with Crippen molar-refractivity contribution in [1.82, 2.24) is 0 Å². The van der Waals surface area contributed by atoms with E-state index in [1.165, 1.54) is 25.7 Å². The molecule has 0 aromatic rings. The average Bonchev–Trinajstić information content (AvgIpc) is 2.81. The van der Waals surface area contributed by atoms with Gasteiger partial charge in [0, 0.05) is 5.41 Å². The Morgan fingerprint density at radius 2 is 1.70 bits per heavy atom. The van der Waals surface area contributed by atoms with Gasteiger partial charge >= 0.3 is 0 Å². The Morgan fingerprint density at radius 1 is 0.957 bits per heavy atom. The van der Waals surface area contributed by atoms with Crippen LogP contribution in [0.4, 0.5) is 0 Å². The quantitative estimate of drug-likeness (QED) is 0.668. The molecule has 8 atom stereocenters. The predicted molar refractivity (Wildman–Crippen MR) is 91.5 cm³/mol. The first-order valence-electron chi connectivity index (χ1n) is 9.75. The van der Waals surface area contributed by atoms with Gasteiger partial charge in [0.2, 0.25) is 0 Å². The molecule has 4 fully saturated rings. The summed E-state index contributed by atoms with van der Waals surface area (Å²) in [7, 11) is 0. The lowest BCUT2D eigenvalue weighted by molar-refractivity contribution is -0.173. The van der Waals surface area contributed by atoms with Crippen LogP contribution in [0.2, 0.25) is 0 Å². The second-order valence-corrected chi connectivity index (χ2v) is 9.46. The molecule has 2 N–H and O–H groups in total. The SMILES string of the molecule is C#CC1(O)CC[C@H]2[C@@H]3CCC4CCCC(O)[C@]4(C)[C@@H]3CC[C@@]21C. The van der Waals surface area contributed by atoms with E-state index in [9.17, 15) is 10.2 Å². The number of fused-ring (bicyclic) bond motifs is 5. The van der Waals surface area contributed by atoms with Gasteiger partial charge in [0.15, 0.2) is 0 Å². The second-order valence-electron chi connectivity index (χ2n) is 9.46. The molecule has 0 saturated heterocycles. The highest BCUT2D eigenvalue weighted by Gasteiger charge is 2.65. The van der Waals surface area contributed by atoms with Gasteiger partial charge in [0.1, 0.15) is 5.60 Å². The molecular formula is C21H32O2. The highest BCUT2D eigenvalue weighted by Crippen LogP contribution is 2.68. The second kappa shape index (κ2) is 4.99. The normalized spacial score (nSPS) is 58.7. The number of aliphatic hydroxyl groups excluding tert-OH is 1. The van der Waals surface area contributed by atoms with Gasteiger partial charge in [-0.05, 0) is 80.5 Å². The van der Waals surface area contributed by atoms with Crippen LogP contribution in [0.5, 0.6) is 0 Å². The lowest BCUT2D eigenvalue weighted by Crippen LogP contribution is -2.59. The zero-order chi connectivity index (χ0) is 16.5. The first-order chi connectivity index (χ1) is 10.9. The van der Waals surface area contributed by atoms with E-state index < -0.39 is 5.60 Å². The summed E-state index contributed by atoms with van der Waals surface area (Å²) < 4.78 is 0. The van der Waals surface area contributed by atoms with Crippen LogP contribution in [0, 0.1) is 46.8 Å². The van der Waals surface area contributed by atoms with Crippen molar-refractivity contribution in [3.8, 4) is 12.3 Å². The fourth-order valence-corrected chi connectivity index (χ4v) is 7.57. The molecule has 0 aliphatic heterocycles. The van der Waals surface area contributed by atoms with Crippen LogP contribution in [0.25, 0.3) is 0 Å². The number of aliphatic hydroxyl groups is 2. The van der Waals surface area contributed by atoms with Crippen LogP contribution in [0.1, 0.15) is 71.6 Å². The molecule has 128 valence electrons. The molecule has 2 heteroatoms. The number of hydrogen-bond acceptors (Lipinski definition) is 2. The van der Waals surface area contributed by atoms with Crippen molar-refractivity contribution in [2.45, 2.75) is 83.3 Å². The Kier molecular flexibility index (Phi) is 3.47.